The van der Waals surface area contributed by atoms with E-state index in [0.717, 1.165) is 23.0 Å². The summed E-state index contributed by atoms with van der Waals surface area (Å²) < 4.78 is 0. The van der Waals surface area contributed by atoms with Crippen LogP contribution in [0.4, 0.5) is 5.13 Å². The van der Waals surface area contributed by atoms with Crippen LogP contribution in [0.25, 0.3) is 0 Å². The predicted octanol–water partition coefficient (Wildman–Crippen LogP) is 3.24. The molecule has 1 heterocycles. The Bertz CT molecular complexity index is 292. The highest BCUT2D eigenvalue weighted by Gasteiger charge is 2.14. The summed E-state index contributed by atoms with van der Waals surface area (Å²) in [5, 5.41) is 14.0. The number of hydrogen-bond acceptors (Lipinski definition) is 4. The standard InChI is InChI=1S/C11H19N3S/c1-2-6-10-13-14-11(15-10)12-9-7-4-3-5-8-9/h9H,2-8H2,1H3,(H,12,14). The van der Waals surface area contributed by atoms with Crippen LogP contribution in [0.5, 0.6) is 0 Å². The van der Waals surface area contributed by atoms with Gasteiger partial charge in [0, 0.05) is 12.5 Å². The molecule has 0 aliphatic heterocycles. The van der Waals surface area contributed by atoms with Gasteiger partial charge in [-0.25, -0.2) is 0 Å². The summed E-state index contributed by atoms with van der Waals surface area (Å²) in [6.07, 6.45) is 8.92. The zero-order valence-electron chi connectivity index (χ0n) is 9.33. The molecule has 0 radical (unpaired) electrons. The van der Waals surface area contributed by atoms with Crippen molar-refractivity contribution in [3.8, 4) is 0 Å². The molecule has 0 amide bonds. The van der Waals surface area contributed by atoms with Crippen molar-refractivity contribution in [2.24, 2.45) is 0 Å². The summed E-state index contributed by atoms with van der Waals surface area (Å²) in [5.41, 5.74) is 0. The van der Waals surface area contributed by atoms with Gasteiger partial charge in [-0.1, -0.05) is 37.5 Å². The Morgan fingerprint density at radius 1 is 1.27 bits per heavy atom. The maximum Gasteiger partial charge on any atom is 0.205 e. The van der Waals surface area contributed by atoms with Crippen molar-refractivity contribution in [3.05, 3.63) is 5.01 Å². The van der Waals surface area contributed by atoms with Crippen LogP contribution in [0.15, 0.2) is 0 Å². The van der Waals surface area contributed by atoms with Crippen LogP contribution in [0.3, 0.4) is 0 Å². The molecular weight excluding hydrogens is 206 g/mol. The number of aromatic nitrogens is 2. The summed E-state index contributed by atoms with van der Waals surface area (Å²) in [5.74, 6) is 0. The second kappa shape index (κ2) is 5.45. The summed E-state index contributed by atoms with van der Waals surface area (Å²) in [7, 11) is 0. The van der Waals surface area contributed by atoms with Crippen LogP contribution in [0, 0.1) is 0 Å². The molecule has 0 saturated heterocycles. The third-order valence-corrected chi connectivity index (χ3v) is 3.78. The van der Waals surface area contributed by atoms with Gasteiger partial charge in [-0.2, -0.15) is 0 Å². The highest BCUT2D eigenvalue weighted by atomic mass is 32.1. The fourth-order valence-electron chi connectivity index (χ4n) is 2.05. The number of aryl methyl sites for hydroxylation is 1. The van der Waals surface area contributed by atoms with Crippen LogP contribution in [-0.4, -0.2) is 16.2 Å². The molecule has 2 rings (SSSR count). The second-order valence-electron chi connectivity index (χ2n) is 4.23. The minimum absolute atomic E-state index is 0.640. The molecule has 1 saturated carbocycles. The molecule has 0 spiro atoms. The summed E-state index contributed by atoms with van der Waals surface area (Å²) in [4.78, 5) is 0. The molecule has 0 bridgehead atoms. The van der Waals surface area contributed by atoms with Crippen molar-refractivity contribution < 1.29 is 0 Å². The second-order valence-corrected chi connectivity index (χ2v) is 5.29. The Morgan fingerprint density at radius 3 is 2.80 bits per heavy atom. The number of hydrogen-bond donors (Lipinski definition) is 1. The molecule has 1 N–H and O–H groups in total. The highest BCUT2D eigenvalue weighted by molar-refractivity contribution is 7.15. The topological polar surface area (TPSA) is 37.8 Å². The number of anilines is 1. The van der Waals surface area contributed by atoms with Crippen LogP contribution in [0.1, 0.15) is 50.5 Å². The minimum atomic E-state index is 0.640. The SMILES string of the molecule is CCCc1nnc(NC2CCCCC2)s1. The minimum Gasteiger partial charge on any atom is -0.357 e. The third-order valence-electron chi connectivity index (χ3n) is 2.86. The molecular formula is C11H19N3S. The number of nitrogens with one attached hydrogen (secondary N) is 1. The first-order valence-corrected chi connectivity index (χ1v) is 6.79. The van der Waals surface area contributed by atoms with E-state index in [2.05, 4.69) is 22.4 Å². The third kappa shape index (κ3) is 3.16. The van der Waals surface area contributed by atoms with Gasteiger partial charge in [0.05, 0.1) is 0 Å². The van der Waals surface area contributed by atoms with E-state index in [-0.39, 0.29) is 0 Å². The van der Waals surface area contributed by atoms with Crippen molar-refractivity contribution in [2.75, 3.05) is 5.32 Å². The first-order chi connectivity index (χ1) is 7.38. The van der Waals surface area contributed by atoms with E-state index >= 15 is 0 Å². The van der Waals surface area contributed by atoms with Gasteiger partial charge in [-0.05, 0) is 19.3 Å². The maximum atomic E-state index is 4.19. The van der Waals surface area contributed by atoms with Crippen molar-refractivity contribution in [1.82, 2.24) is 10.2 Å². The van der Waals surface area contributed by atoms with E-state index in [1.54, 1.807) is 11.3 Å². The molecule has 1 fully saturated rings. The largest absolute Gasteiger partial charge is 0.357 e. The molecule has 1 aromatic rings. The quantitative estimate of drug-likeness (QED) is 0.855. The Hall–Kier alpha value is -0.640. The molecule has 1 aromatic heterocycles. The van der Waals surface area contributed by atoms with E-state index in [1.165, 1.54) is 32.1 Å². The Balaban J connectivity index is 1.86. The van der Waals surface area contributed by atoms with E-state index < -0.39 is 0 Å². The molecule has 3 nitrogen and oxygen atoms in total. The van der Waals surface area contributed by atoms with Crippen molar-refractivity contribution in [2.45, 2.75) is 57.9 Å². The van der Waals surface area contributed by atoms with Gasteiger partial charge in [0.25, 0.3) is 0 Å². The Morgan fingerprint density at radius 2 is 2.07 bits per heavy atom. The summed E-state index contributed by atoms with van der Waals surface area (Å²) >= 11 is 1.72. The van der Waals surface area contributed by atoms with Gasteiger partial charge in [-0.3, -0.25) is 0 Å². The van der Waals surface area contributed by atoms with Crippen LogP contribution >= 0.6 is 11.3 Å². The molecule has 0 aromatic carbocycles. The van der Waals surface area contributed by atoms with Gasteiger partial charge in [0.2, 0.25) is 5.13 Å². The van der Waals surface area contributed by atoms with Gasteiger partial charge >= 0.3 is 0 Å². The van der Waals surface area contributed by atoms with Crippen LogP contribution < -0.4 is 5.32 Å². The molecule has 0 atom stereocenters. The van der Waals surface area contributed by atoms with E-state index in [1.807, 2.05) is 0 Å². The average molecular weight is 225 g/mol. The lowest BCUT2D eigenvalue weighted by Gasteiger charge is -2.21. The lowest BCUT2D eigenvalue weighted by atomic mass is 9.96. The first kappa shape index (κ1) is 10.9. The van der Waals surface area contributed by atoms with Crippen LogP contribution in [0.2, 0.25) is 0 Å². The van der Waals surface area contributed by atoms with Crippen molar-refractivity contribution in [3.63, 3.8) is 0 Å². The Kier molecular flexibility index (Phi) is 3.94. The van der Waals surface area contributed by atoms with Crippen molar-refractivity contribution in [1.29, 1.82) is 0 Å². The predicted molar refractivity (Wildman–Crippen MR) is 64.4 cm³/mol. The fourth-order valence-corrected chi connectivity index (χ4v) is 2.97. The first-order valence-electron chi connectivity index (χ1n) is 5.97. The van der Waals surface area contributed by atoms with E-state index in [9.17, 15) is 0 Å². The number of nitrogens with zero attached hydrogens (tertiary/aromatic N) is 2. The lowest BCUT2D eigenvalue weighted by Crippen LogP contribution is -2.21. The van der Waals surface area contributed by atoms with Gasteiger partial charge in [0.15, 0.2) is 0 Å². The zero-order chi connectivity index (χ0) is 10.5. The molecule has 1 aliphatic rings. The highest BCUT2D eigenvalue weighted by Crippen LogP contribution is 2.23. The van der Waals surface area contributed by atoms with E-state index in [4.69, 9.17) is 0 Å². The maximum absolute atomic E-state index is 4.19. The van der Waals surface area contributed by atoms with E-state index in [0.29, 0.717) is 6.04 Å². The van der Waals surface area contributed by atoms with Crippen molar-refractivity contribution >= 4 is 16.5 Å². The molecule has 1 aliphatic carbocycles. The molecule has 4 heteroatoms. The average Bonchev–Trinajstić information content (AvgIpc) is 2.68. The lowest BCUT2D eigenvalue weighted by molar-refractivity contribution is 0.462. The van der Waals surface area contributed by atoms with Gasteiger partial charge in [-0.15, -0.1) is 10.2 Å². The smallest absolute Gasteiger partial charge is 0.205 e. The Labute approximate surface area is 95.3 Å². The van der Waals surface area contributed by atoms with Crippen LogP contribution in [-0.2, 0) is 6.42 Å². The summed E-state index contributed by atoms with van der Waals surface area (Å²) in [6, 6.07) is 0.640. The molecule has 0 unspecified atom stereocenters. The monoisotopic (exact) mass is 225 g/mol. The van der Waals surface area contributed by atoms with Gasteiger partial charge < -0.3 is 5.32 Å². The number of rotatable bonds is 4. The molecule has 84 valence electrons. The summed E-state index contributed by atoms with van der Waals surface area (Å²) in [6.45, 7) is 2.18. The molecule has 15 heavy (non-hydrogen) atoms. The zero-order valence-corrected chi connectivity index (χ0v) is 10.1. The normalized spacial score (nSPS) is 17.9. The van der Waals surface area contributed by atoms with Gasteiger partial charge in [0.1, 0.15) is 5.01 Å². The fraction of sp³-hybridized carbons (Fsp3) is 0.818.